The van der Waals surface area contributed by atoms with Gasteiger partial charge in [-0.05, 0) is 49.8 Å². The van der Waals surface area contributed by atoms with Gasteiger partial charge in [-0.25, -0.2) is 0 Å². The van der Waals surface area contributed by atoms with E-state index in [1.54, 1.807) is 0 Å². The maximum atomic E-state index is 6.02. The zero-order valence-corrected chi connectivity index (χ0v) is 11.7. The summed E-state index contributed by atoms with van der Waals surface area (Å²) in [5, 5.41) is 8.11. The molecule has 3 heteroatoms. The van der Waals surface area contributed by atoms with Crippen LogP contribution in [0.2, 0.25) is 5.02 Å². The largest absolute Gasteiger partial charge is 0.381 e. The molecule has 0 radical (unpaired) electrons. The molecule has 1 aliphatic heterocycles. The predicted molar refractivity (Wildman–Crippen MR) is 78.5 cm³/mol. The van der Waals surface area contributed by atoms with Gasteiger partial charge in [0.05, 0.1) is 16.9 Å². The van der Waals surface area contributed by atoms with Gasteiger partial charge < -0.3 is 10.6 Å². The van der Waals surface area contributed by atoms with Gasteiger partial charge in [-0.15, -0.1) is 0 Å². The van der Waals surface area contributed by atoms with Crippen molar-refractivity contribution in [3.8, 4) is 0 Å². The Morgan fingerprint density at radius 3 is 2.78 bits per heavy atom. The van der Waals surface area contributed by atoms with E-state index in [9.17, 15) is 0 Å². The first-order chi connectivity index (χ1) is 8.71. The van der Waals surface area contributed by atoms with Crippen molar-refractivity contribution in [2.75, 3.05) is 17.2 Å². The molecule has 98 valence electrons. The molecule has 1 saturated carbocycles. The molecule has 1 spiro atoms. The van der Waals surface area contributed by atoms with Gasteiger partial charge in [0.25, 0.3) is 0 Å². The van der Waals surface area contributed by atoms with E-state index in [2.05, 4.69) is 23.6 Å². The van der Waals surface area contributed by atoms with Gasteiger partial charge in [0.15, 0.2) is 0 Å². The molecule has 2 nitrogen and oxygen atoms in total. The molecule has 1 aromatic rings. The highest BCUT2D eigenvalue weighted by Gasteiger charge is 2.37. The normalized spacial score (nSPS) is 30.4. The van der Waals surface area contributed by atoms with Gasteiger partial charge in [0.1, 0.15) is 0 Å². The zero-order chi connectivity index (χ0) is 12.6. The Morgan fingerprint density at radius 1 is 1.28 bits per heavy atom. The van der Waals surface area contributed by atoms with Crippen LogP contribution in [0, 0.1) is 5.92 Å². The smallest absolute Gasteiger partial charge is 0.0591 e. The van der Waals surface area contributed by atoms with Crippen molar-refractivity contribution in [2.24, 2.45) is 5.92 Å². The number of hydrogen-bond acceptors (Lipinski definition) is 2. The van der Waals surface area contributed by atoms with E-state index in [4.69, 9.17) is 11.6 Å². The summed E-state index contributed by atoms with van der Waals surface area (Å²) in [6.45, 7) is 3.34. The maximum Gasteiger partial charge on any atom is 0.0591 e. The molecule has 0 saturated heterocycles. The standard InChI is InChI=1S/C15H21ClN2/c1-2-11-5-7-15(8-6-11)10-17-14-9-12(16)3-4-13(14)18-15/h3-4,9,11,17-18H,2,5-8,10H2,1H3. The number of nitrogens with one attached hydrogen (secondary N) is 2. The summed E-state index contributed by atoms with van der Waals surface area (Å²) in [6, 6.07) is 6.07. The van der Waals surface area contributed by atoms with E-state index in [1.165, 1.54) is 37.8 Å². The summed E-state index contributed by atoms with van der Waals surface area (Å²) in [5.41, 5.74) is 2.62. The van der Waals surface area contributed by atoms with Crippen LogP contribution in [0.3, 0.4) is 0 Å². The fourth-order valence-corrected chi connectivity index (χ4v) is 3.48. The van der Waals surface area contributed by atoms with Gasteiger partial charge >= 0.3 is 0 Å². The van der Waals surface area contributed by atoms with Crippen molar-refractivity contribution in [3.63, 3.8) is 0 Å². The lowest BCUT2D eigenvalue weighted by Gasteiger charge is -2.45. The van der Waals surface area contributed by atoms with E-state index in [1.807, 2.05) is 12.1 Å². The average molecular weight is 265 g/mol. The summed E-state index contributed by atoms with van der Waals surface area (Å²) in [7, 11) is 0. The number of hydrogen-bond donors (Lipinski definition) is 2. The third kappa shape index (κ3) is 2.18. The molecular weight excluding hydrogens is 244 g/mol. The average Bonchev–Trinajstić information content (AvgIpc) is 2.40. The molecule has 3 rings (SSSR count). The number of benzene rings is 1. The van der Waals surface area contributed by atoms with E-state index >= 15 is 0 Å². The molecule has 0 unspecified atom stereocenters. The highest BCUT2D eigenvalue weighted by molar-refractivity contribution is 6.31. The maximum absolute atomic E-state index is 6.02. The molecule has 0 bridgehead atoms. The molecule has 2 N–H and O–H groups in total. The van der Waals surface area contributed by atoms with Crippen LogP contribution >= 0.6 is 11.6 Å². The Bertz CT molecular complexity index is 436. The summed E-state index contributed by atoms with van der Waals surface area (Å²) in [4.78, 5) is 0. The van der Waals surface area contributed by atoms with E-state index < -0.39 is 0 Å². The Balaban J connectivity index is 1.76. The quantitative estimate of drug-likeness (QED) is 0.780. The van der Waals surface area contributed by atoms with Crippen LogP contribution in [0.15, 0.2) is 18.2 Å². The first kappa shape index (κ1) is 12.2. The molecule has 0 aromatic heterocycles. The van der Waals surface area contributed by atoms with Crippen LogP contribution in [-0.2, 0) is 0 Å². The van der Waals surface area contributed by atoms with E-state index in [0.29, 0.717) is 0 Å². The van der Waals surface area contributed by atoms with Gasteiger partial charge in [0, 0.05) is 11.6 Å². The Hall–Kier alpha value is -0.890. The number of halogens is 1. The first-order valence-electron chi connectivity index (χ1n) is 7.02. The fourth-order valence-electron chi connectivity index (χ4n) is 3.31. The van der Waals surface area contributed by atoms with Crippen LogP contribution in [0.5, 0.6) is 0 Å². The predicted octanol–water partition coefficient (Wildman–Crippen LogP) is 4.52. The molecular formula is C15H21ClN2. The Kier molecular flexibility index (Phi) is 3.14. The minimum Gasteiger partial charge on any atom is -0.381 e. The molecule has 2 aliphatic rings. The van der Waals surface area contributed by atoms with Crippen LogP contribution in [0.25, 0.3) is 0 Å². The van der Waals surface area contributed by atoms with Crippen molar-refractivity contribution < 1.29 is 0 Å². The van der Waals surface area contributed by atoms with Crippen molar-refractivity contribution in [1.29, 1.82) is 0 Å². The lowest BCUT2D eigenvalue weighted by atomic mass is 9.74. The molecule has 0 atom stereocenters. The first-order valence-corrected chi connectivity index (χ1v) is 7.40. The van der Waals surface area contributed by atoms with E-state index in [0.717, 1.165) is 23.2 Å². The lowest BCUT2D eigenvalue weighted by Crippen LogP contribution is -2.50. The second kappa shape index (κ2) is 4.65. The van der Waals surface area contributed by atoms with Gasteiger partial charge in [-0.3, -0.25) is 0 Å². The van der Waals surface area contributed by atoms with Crippen molar-refractivity contribution in [3.05, 3.63) is 23.2 Å². The molecule has 1 fully saturated rings. The van der Waals surface area contributed by atoms with Crippen molar-refractivity contribution in [1.82, 2.24) is 0 Å². The number of fused-ring (bicyclic) bond motifs is 1. The molecule has 0 amide bonds. The highest BCUT2D eigenvalue weighted by atomic mass is 35.5. The minimum atomic E-state index is 0.270. The van der Waals surface area contributed by atoms with Crippen molar-refractivity contribution in [2.45, 2.75) is 44.6 Å². The van der Waals surface area contributed by atoms with Crippen LogP contribution < -0.4 is 10.6 Å². The third-order valence-electron chi connectivity index (χ3n) is 4.64. The van der Waals surface area contributed by atoms with Crippen LogP contribution in [-0.4, -0.2) is 12.1 Å². The summed E-state index contributed by atoms with van der Waals surface area (Å²) in [6.07, 6.45) is 6.60. The fraction of sp³-hybridized carbons (Fsp3) is 0.600. The summed E-state index contributed by atoms with van der Waals surface area (Å²) < 4.78 is 0. The Morgan fingerprint density at radius 2 is 2.06 bits per heavy atom. The highest BCUT2D eigenvalue weighted by Crippen LogP contribution is 2.41. The Labute approximate surface area is 114 Å². The lowest BCUT2D eigenvalue weighted by molar-refractivity contribution is 0.255. The number of rotatable bonds is 1. The second-order valence-corrected chi connectivity index (χ2v) is 6.24. The summed E-state index contributed by atoms with van der Waals surface area (Å²) >= 11 is 6.02. The number of anilines is 2. The molecule has 1 aromatic carbocycles. The topological polar surface area (TPSA) is 24.1 Å². The second-order valence-electron chi connectivity index (χ2n) is 5.80. The SMILES string of the molecule is CCC1CCC2(CC1)CNc1cc(Cl)ccc1N2. The van der Waals surface area contributed by atoms with Crippen molar-refractivity contribution >= 4 is 23.0 Å². The summed E-state index contributed by atoms with van der Waals surface area (Å²) in [5.74, 6) is 0.934. The zero-order valence-electron chi connectivity index (χ0n) is 10.9. The van der Waals surface area contributed by atoms with Gasteiger partial charge in [0.2, 0.25) is 0 Å². The minimum absolute atomic E-state index is 0.270. The third-order valence-corrected chi connectivity index (χ3v) is 4.87. The van der Waals surface area contributed by atoms with Crippen LogP contribution in [0.4, 0.5) is 11.4 Å². The molecule has 1 heterocycles. The molecule has 18 heavy (non-hydrogen) atoms. The molecule has 1 aliphatic carbocycles. The van der Waals surface area contributed by atoms with Crippen LogP contribution in [0.1, 0.15) is 39.0 Å². The van der Waals surface area contributed by atoms with E-state index in [-0.39, 0.29) is 5.54 Å². The monoisotopic (exact) mass is 264 g/mol. The van der Waals surface area contributed by atoms with Gasteiger partial charge in [-0.2, -0.15) is 0 Å². The van der Waals surface area contributed by atoms with Gasteiger partial charge in [-0.1, -0.05) is 24.9 Å².